The van der Waals surface area contributed by atoms with Crippen LogP contribution in [-0.4, -0.2) is 301 Å². The third kappa shape index (κ3) is 47.2. The smallest absolute Gasteiger partial charge is 0.429 e. The molecular weight excluding hydrogens is 1730 g/mol. The van der Waals surface area contributed by atoms with Crippen LogP contribution in [-0.2, 0) is 128 Å². The summed E-state index contributed by atoms with van der Waals surface area (Å²) in [5.41, 5.74) is -0.271. The Hall–Kier alpha value is -1.82. The van der Waals surface area contributed by atoms with E-state index in [1.165, 1.54) is 20.8 Å². The molecule has 1 aromatic carbocycles. The number of ether oxygens (including phenoxy) is 11. The highest BCUT2D eigenvalue weighted by Crippen LogP contribution is 2.55. The molecule has 694 valence electrons. The van der Waals surface area contributed by atoms with E-state index in [2.05, 4.69) is 64.9 Å². The largest absolute Gasteiger partial charge is 0.515 e. The molecule has 0 bridgehead atoms. The summed E-state index contributed by atoms with van der Waals surface area (Å²) < 4.78 is 160. The van der Waals surface area contributed by atoms with Crippen molar-refractivity contribution in [2.45, 2.75) is 254 Å². The molecule has 0 saturated carbocycles. The number of hydrogen-bond donors (Lipinski definition) is 16. The number of hydrogen-bond acceptors (Lipinski definition) is 36. The van der Waals surface area contributed by atoms with Crippen molar-refractivity contribution in [3.63, 3.8) is 0 Å². The maximum Gasteiger partial charge on any atom is 0.515 e. The summed E-state index contributed by atoms with van der Waals surface area (Å²) in [6.07, 6.45) is -4.56. The summed E-state index contributed by atoms with van der Waals surface area (Å²) in [6.45, 7) is -12.3. The lowest BCUT2D eigenvalue weighted by molar-refractivity contribution is -0.270. The fourth-order valence-electron chi connectivity index (χ4n) is 12.2. The maximum absolute atomic E-state index is 13.2. The highest BCUT2D eigenvalue weighted by atomic mass is 32.7. The predicted molar refractivity (Wildman–Crippen MR) is 442 cm³/mol. The fraction of sp³-hybridized carbons (Fsp3) is 0.861. The molecule has 47 heteroatoms. The van der Waals surface area contributed by atoms with Gasteiger partial charge >= 0.3 is 33.3 Å². The third-order valence-electron chi connectivity index (χ3n) is 18.5. The average molecular weight is 1870 g/mol. The highest BCUT2D eigenvalue weighted by Gasteiger charge is 2.48. The van der Waals surface area contributed by atoms with E-state index in [0.717, 1.165) is 19.3 Å². The van der Waals surface area contributed by atoms with Crippen LogP contribution in [0.1, 0.15) is 161 Å². The number of unbranched alkanes of at least 4 members (excludes halogenated alkanes) is 14. The van der Waals surface area contributed by atoms with Gasteiger partial charge in [-0.15, -0.1) is 0 Å². The van der Waals surface area contributed by atoms with E-state index < -0.39 is 168 Å². The molecule has 3 heterocycles. The number of aliphatic hydroxyl groups excluding tert-OH is 9. The Morgan fingerprint density at radius 2 is 0.613 bits per heavy atom. The molecule has 0 radical (unpaired) electrons. The second-order valence-corrected chi connectivity index (χ2v) is 40.5. The number of rotatable bonds is 69. The Bertz CT molecular complexity index is 2900. The molecule has 19 atom stereocenters. The van der Waals surface area contributed by atoms with Crippen molar-refractivity contribution in [2.24, 2.45) is 5.41 Å². The van der Waals surface area contributed by atoms with Crippen LogP contribution >= 0.6 is 76.2 Å². The first-order chi connectivity index (χ1) is 56.8. The van der Waals surface area contributed by atoms with Gasteiger partial charge in [0.15, 0.2) is 18.9 Å². The van der Waals surface area contributed by atoms with E-state index in [0.29, 0.717) is 108 Å². The molecule has 4 rings (SSSR count). The zero-order valence-electron chi connectivity index (χ0n) is 68.1. The topological polar surface area (TPSA) is 530 Å². The van der Waals surface area contributed by atoms with E-state index in [1.807, 2.05) is 6.07 Å². The Kier molecular flexibility index (Phi) is 56.7. The summed E-state index contributed by atoms with van der Waals surface area (Å²) in [4.78, 5) is 47.5. The van der Waals surface area contributed by atoms with Crippen molar-refractivity contribution >= 4 is 100 Å². The van der Waals surface area contributed by atoms with Gasteiger partial charge in [0.25, 0.3) is 0 Å². The van der Waals surface area contributed by atoms with Crippen molar-refractivity contribution in [1.29, 1.82) is 0 Å². The van der Waals surface area contributed by atoms with Gasteiger partial charge in [0, 0.05) is 67.0 Å². The number of carbonyl (C=O) groups excluding carboxylic acids is 4. The van der Waals surface area contributed by atoms with Crippen molar-refractivity contribution in [3.8, 4) is 0 Å². The number of thiol groups is 4. The summed E-state index contributed by atoms with van der Waals surface area (Å²) >= 11 is 16.4. The molecular formula is C72H131N3O36P4S4. The minimum absolute atomic E-state index is 0.0148. The molecule has 3 fully saturated rings. The first-order valence-electron chi connectivity index (χ1n) is 40.3. The fourth-order valence-corrected chi connectivity index (χ4v) is 17.2. The quantitative estimate of drug-likeness (QED) is 0.0139. The van der Waals surface area contributed by atoms with Gasteiger partial charge in [-0.25, -0.2) is 23.1 Å². The van der Waals surface area contributed by atoms with E-state index in [4.69, 9.17) is 88.3 Å². The lowest BCUT2D eigenvalue weighted by Gasteiger charge is -2.42. The molecule has 10 unspecified atom stereocenters. The van der Waals surface area contributed by atoms with Crippen LogP contribution in [0.4, 0.5) is 4.79 Å². The summed E-state index contributed by atoms with van der Waals surface area (Å²) in [5, 5.41) is 98.9. The zero-order chi connectivity index (χ0) is 87.5. The molecule has 3 aliphatic rings. The van der Waals surface area contributed by atoms with Gasteiger partial charge in [0.05, 0.1) is 97.9 Å². The number of nitrogens with one attached hydrogen (secondary N) is 3. The Morgan fingerprint density at radius 3 is 0.899 bits per heavy atom. The molecule has 12 N–H and O–H groups in total. The number of benzene rings is 1. The molecule has 3 saturated heterocycles. The van der Waals surface area contributed by atoms with Crippen molar-refractivity contribution in [3.05, 3.63) is 35.9 Å². The van der Waals surface area contributed by atoms with Crippen molar-refractivity contribution < 1.29 is 172 Å². The van der Waals surface area contributed by atoms with E-state index >= 15 is 0 Å². The van der Waals surface area contributed by atoms with Crippen LogP contribution < -0.4 is 16.0 Å². The van der Waals surface area contributed by atoms with Crippen LogP contribution in [0.25, 0.3) is 0 Å². The number of amides is 3. The lowest BCUT2D eigenvalue weighted by Crippen LogP contribution is -2.64. The van der Waals surface area contributed by atoms with Crippen LogP contribution in [0.3, 0.4) is 0 Å². The zero-order valence-corrected chi connectivity index (χ0v) is 75.2. The molecule has 3 aliphatic heterocycles. The third-order valence-corrected chi connectivity index (χ3v) is 25.1. The van der Waals surface area contributed by atoms with Crippen LogP contribution in [0.2, 0.25) is 0 Å². The summed E-state index contributed by atoms with van der Waals surface area (Å²) in [5.74, 6) is -1.42. The van der Waals surface area contributed by atoms with E-state index in [-0.39, 0.29) is 138 Å². The minimum Gasteiger partial charge on any atom is -0.429 e. The van der Waals surface area contributed by atoms with Gasteiger partial charge in [-0.05, 0) is 88.4 Å². The summed E-state index contributed by atoms with van der Waals surface area (Å²) in [6, 6.07) is 5.68. The van der Waals surface area contributed by atoms with Gasteiger partial charge in [0.1, 0.15) is 79.7 Å². The Balaban J connectivity index is 1.31. The predicted octanol–water partition coefficient (Wildman–Crippen LogP) is 6.73. The van der Waals surface area contributed by atoms with Crippen molar-refractivity contribution in [1.82, 2.24) is 16.0 Å². The van der Waals surface area contributed by atoms with Crippen LogP contribution in [0.5, 0.6) is 0 Å². The minimum atomic E-state index is -4.03. The average Bonchev–Trinajstić information content (AvgIpc) is 0.817. The van der Waals surface area contributed by atoms with Gasteiger partial charge in [0.2, 0.25) is 17.7 Å². The van der Waals surface area contributed by atoms with Gasteiger partial charge < -0.3 is 146 Å². The SMILES string of the molecule is CC(=O)NC1[C@H](OCCCCCCOP(=O)(S)OCCCOCC(COCCCCCCCCOP(=O)(S)OC(=O)OCc2ccccc2)(COCCCOP(=O)(S)OCCCCCCO[C@@H]2OC(CO)[C@@H](O)[C@H](O)C2NC(C)=O)COCCCOP(=O)(S)OCCCCCCO[C@@H]2OC(CO)[C@H](O)[C@H](O)C2NC(C)=O)OC(CO)[C@@H](O)[C@@H]1O. The molecule has 1 aromatic rings. The highest BCUT2D eigenvalue weighted by molar-refractivity contribution is 8.45. The van der Waals surface area contributed by atoms with Gasteiger partial charge in [-0.1, -0.05) is 131 Å². The van der Waals surface area contributed by atoms with E-state index in [1.54, 1.807) is 24.3 Å². The molecule has 0 aromatic heterocycles. The lowest BCUT2D eigenvalue weighted by atomic mass is 9.92. The molecule has 0 spiro atoms. The molecule has 0 aliphatic carbocycles. The molecule has 119 heavy (non-hydrogen) atoms. The normalized spacial score (nSPS) is 26.0. The second kappa shape index (κ2) is 61.6. The number of carbonyl (C=O) groups is 4. The first kappa shape index (κ1) is 110. The summed E-state index contributed by atoms with van der Waals surface area (Å²) in [7, 11) is 0. The molecule has 39 nitrogen and oxygen atoms in total. The maximum atomic E-state index is 13.2. The van der Waals surface area contributed by atoms with E-state index in [9.17, 15) is 83.4 Å². The monoisotopic (exact) mass is 1870 g/mol. The van der Waals surface area contributed by atoms with Crippen LogP contribution in [0, 0.1) is 5.41 Å². The standard InChI is InChI=1S/C72H131N3O36P4S4/c1-52(79)73-59-65(85)62(82)56(44-76)108-68(59)97-34-18-8-11-22-37-101-112(89,116)104-41-25-31-94-49-72(48-93-30-17-6-4-5-7-21-40-107-115(92,119)111-71(88)100-47-55-28-15-14-16-29-55,50-95-32-26-42-105-113(90,117)102-38-23-12-9-19-35-98-69-60(74-53(2)80)66(86)63(83)57(45-77)109-69)51-96-33-27-43-106-114(91,118)103-39-24-13-10-20-36-99-70-61(75-54(3)81)67(87)64(84)58(46-78)110-70/h14-16,28-29,56-70,76-78,82-87H,4-13,17-27,30-51H2,1-3H3,(H,73,79)(H,74,80)(H,75,81)(H,89,116)(H,90,117)(H,91,118)(H,92,119)/t56?,57?,58?,59?,60?,61?,62-,63-,64+,65-,66-,67-,68-,69-,70-,72?,112?,113?,114?,115?/m1/s1. The first-order valence-corrected chi connectivity index (χ1v) is 51.1. The molecule has 3 amide bonds. The van der Waals surface area contributed by atoms with Crippen LogP contribution in [0.15, 0.2) is 30.3 Å². The Labute approximate surface area is 718 Å². The second-order valence-electron chi connectivity index (χ2n) is 28.9. The number of aliphatic hydroxyl groups is 9. The Morgan fingerprint density at radius 1 is 0.361 bits per heavy atom. The van der Waals surface area contributed by atoms with Crippen molar-refractivity contribution in [2.75, 3.05) is 139 Å². The van der Waals surface area contributed by atoms with Gasteiger partial charge in [-0.3, -0.25) is 18.9 Å². The van der Waals surface area contributed by atoms with Gasteiger partial charge in [-0.2, -0.15) is 0 Å².